The summed E-state index contributed by atoms with van der Waals surface area (Å²) in [6.07, 6.45) is -7.44. The third-order valence-electron chi connectivity index (χ3n) is 8.15. The summed E-state index contributed by atoms with van der Waals surface area (Å²) in [5.74, 6) is 0.358. The molecule has 2 aliphatic rings. The summed E-state index contributed by atoms with van der Waals surface area (Å²) in [5, 5.41) is 14.4. The van der Waals surface area contributed by atoms with E-state index in [-0.39, 0.29) is 40.4 Å². The highest BCUT2D eigenvalue weighted by molar-refractivity contribution is 6.36. The van der Waals surface area contributed by atoms with Gasteiger partial charge in [-0.25, -0.2) is 0 Å². The number of piperazine rings is 1. The summed E-state index contributed by atoms with van der Waals surface area (Å²) in [7, 11) is 0. The van der Waals surface area contributed by atoms with Crippen molar-refractivity contribution in [3.05, 3.63) is 68.4 Å². The van der Waals surface area contributed by atoms with Gasteiger partial charge in [-0.05, 0) is 56.0 Å². The SMILES string of the molecule is O=CC(OC1CCC(Nc2ccc([N+](=O)[O-])c(C(F)(F)F)c2)CC1)N1CCN(Cc2oc3ccc(C(F)(F)F)cc3c2Cl)CC1. The maximum Gasteiger partial charge on any atom is 0.423 e. The van der Waals surface area contributed by atoms with Crippen molar-refractivity contribution in [2.24, 2.45) is 0 Å². The predicted octanol–water partition coefficient (Wildman–Crippen LogP) is 7.11. The number of alkyl halides is 6. The number of aldehydes is 1. The molecule has 0 radical (unpaired) electrons. The van der Waals surface area contributed by atoms with Crippen molar-refractivity contribution in [2.45, 2.75) is 63.0 Å². The van der Waals surface area contributed by atoms with Gasteiger partial charge in [0.15, 0.2) is 12.5 Å². The van der Waals surface area contributed by atoms with Gasteiger partial charge in [-0.15, -0.1) is 0 Å². The Kier molecular flexibility index (Phi) is 9.63. The van der Waals surface area contributed by atoms with Crippen molar-refractivity contribution in [3.8, 4) is 0 Å². The number of nitro benzene ring substituents is 1. The quantitative estimate of drug-likeness (QED) is 0.112. The smallest absolute Gasteiger partial charge is 0.423 e. The first-order chi connectivity index (χ1) is 21.2. The first-order valence-electron chi connectivity index (χ1n) is 14.2. The maximum atomic E-state index is 13.3. The van der Waals surface area contributed by atoms with Crippen molar-refractivity contribution >= 4 is 40.2 Å². The molecule has 1 atom stereocenters. The third-order valence-corrected chi connectivity index (χ3v) is 8.56. The van der Waals surface area contributed by atoms with Crippen molar-refractivity contribution in [1.29, 1.82) is 0 Å². The van der Waals surface area contributed by atoms with Crippen LogP contribution < -0.4 is 5.32 Å². The molecule has 2 aromatic carbocycles. The number of halogens is 7. The molecule has 1 saturated carbocycles. The summed E-state index contributed by atoms with van der Waals surface area (Å²) in [6.45, 7) is 2.31. The van der Waals surface area contributed by atoms with Crippen molar-refractivity contribution < 1.29 is 45.2 Å². The Morgan fingerprint density at radius 1 is 1.02 bits per heavy atom. The van der Waals surface area contributed by atoms with Gasteiger partial charge in [-0.1, -0.05) is 11.6 Å². The number of rotatable bonds is 9. The predicted molar refractivity (Wildman–Crippen MR) is 152 cm³/mol. The van der Waals surface area contributed by atoms with Crippen LogP contribution >= 0.6 is 11.6 Å². The average Bonchev–Trinajstić information content (AvgIpc) is 3.30. The zero-order valence-electron chi connectivity index (χ0n) is 23.7. The van der Waals surface area contributed by atoms with Crippen LogP contribution in [0.5, 0.6) is 0 Å². The second-order valence-electron chi connectivity index (χ2n) is 11.1. The number of nitrogens with one attached hydrogen (secondary N) is 1. The van der Waals surface area contributed by atoms with E-state index >= 15 is 0 Å². The molecule has 16 heteroatoms. The van der Waals surface area contributed by atoms with E-state index in [1.54, 1.807) is 0 Å². The highest BCUT2D eigenvalue weighted by Crippen LogP contribution is 2.39. The summed E-state index contributed by atoms with van der Waals surface area (Å²) in [5.41, 5.74) is -2.74. The lowest BCUT2D eigenvalue weighted by molar-refractivity contribution is -0.388. The minimum atomic E-state index is -4.87. The van der Waals surface area contributed by atoms with Gasteiger partial charge in [0.25, 0.3) is 5.69 Å². The van der Waals surface area contributed by atoms with Gasteiger partial charge in [0.05, 0.1) is 28.2 Å². The first-order valence-corrected chi connectivity index (χ1v) is 14.6. The number of furan rings is 1. The molecule has 0 amide bonds. The molecule has 1 aliphatic carbocycles. The molecule has 9 nitrogen and oxygen atoms in total. The molecule has 1 aliphatic heterocycles. The maximum absolute atomic E-state index is 13.3. The van der Waals surface area contributed by atoms with E-state index in [9.17, 15) is 41.3 Å². The fraction of sp³-hybridized carbons (Fsp3) is 0.483. The molecule has 5 rings (SSSR count). The van der Waals surface area contributed by atoms with E-state index in [1.165, 1.54) is 12.1 Å². The fourth-order valence-corrected chi connectivity index (χ4v) is 6.01. The third kappa shape index (κ3) is 7.71. The number of nitrogens with zero attached hydrogens (tertiary/aromatic N) is 3. The Bertz CT molecular complexity index is 1530. The van der Waals surface area contributed by atoms with E-state index in [1.807, 2.05) is 9.80 Å². The Hall–Kier alpha value is -3.40. The number of ether oxygens (including phenoxy) is 1. The van der Waals surface area contributed by atoms with Gasteiger partial charge >= 0.3 is 12.4 Å². The van der Waals surface area contributed by atoms with Crippen LogP contribution in [0.3, 0.4) is 0 Å². The standard InChI is InChI=1S/C29H29ClF6N4O5/c30-27-21-13-17(28(31,32)33)1-8-24(21)45-25(27)15-38-9-11-39(12-10-38)26(16-41)44-20-5-2-18(3-6-20)37-19-4-7-23(40(42)43)22(14-19)29(34,35)36/h1,4,7-8,13-14,16,18,20,26,37H,2-3,5-6,9-12,15H2. The van der Waals surface area contributed by atoms with Crippen LogP contribution in [-0.4, -0.2) is 65.6 Å². The van der Waals surface area contributed by atoms with Gasteiger partial charge in [0.2, 0.25) is 0 Å². The molecule has 1 aromatic heterocycles. The van der Waals surface area contributed by atoms with Gasteiger partial charge in [-0.3, -0.25) is 24.7 Å². The topological polar surface area (TPSA) is 101 Å². The summed E-state index contributed by atoms with van der Waals surface area (Å²) in [6, 6.07) is 5.83. The van der Waals surface area contributed by atoms with E-state index in [0.717, 1.165) is 30.6 Å². The van der Waals surface area contributed by atoms with E-state index in [2.05, 4.69) is 5.32 Å². The second-order valence-corrected chi connectivity index (χ2v) is 11.5. The molecule has 2 fully saturated rings. The highest BCUT2D eigenvalue weighted by atomic mass is 35.5. The molecular weight excluding hydrogens is 634 g/mol. The van der Waals surface area contributed by atoms with Crippen LogP contribution in [-0.2, 0) is 28.4 Å². The lowest BCUT2D eigenvalue weighted by Crippen LogP contribution is -2.52. The molecule has 45 heavy (non-hydrogen) atoms. The Balaban J connectivity index is 1.10. The Morgan fingerprint density at radius 2 is 1.71 bits per heavy atom. The zero-order chi connectivity index (χ0) is 32.5. The highest BCUT2D eigenvalue weighted by Gasteiger charge is 2.39. The number of benzene rings is 2. The Morgan fingerprint density at radius 3 is 2.31 bits per heavy atom. The van der Waals surface area contributed by atoms with Gasteiger partial charge < -0.3 is 14.5 Å². The molecular formula is C29H29ClF6N4O5. The molecule has 0 bridgehead atoms. The number of carbonyl (C=O) groups excluding carboxylic acids is 1. The summed E-state index contributed by atoms with van der Waals surface area (Å²) in [4.78, 5) is 25.8. The largest absolute Gasteiger partial charge is 0.458 e. The number of fused-ring (bicyclic) bond motifs is 1. The van der Waals surface area contributed by atoms with Gasteiger partial charge in [0, 0.05) is 49.4 Å². The monoisotopic (exact) mass is 662 g/mol. The van der Waals surface area contributed by atoms with Crippen LogP contribution in [0.25, 0.3) is 11.0 Å². The van der Waals surface area contributed by atoms with Crippen LogP contribution in [0.4, 0.5) is 37.7 Å². The Labute approximate surface area is 258 Å². The first kappa shape index (κ1) is 33.0. The van der Waals surface area contributed by atoms with Crippen molar-refractivity contribution in [1.82, 2.24) is 9.80 Å². The average molecular weight is 663 g/mol. The number of nitro groups is 1. The molecule has 1 saturated heterocycles. The van der Waals surface area contributed by atoms with Crippen LogP contribution in [0.1, 0.15) is 42.6 Å². The normalized spacial score (nSPS) is 21.1. The lowest BCUT2D eigenvalue weighted by atomic mass is 9.92. The summed E-state index contributed by atoms with van der Waals surface area (Å²) >= 11 is 6.37. The van der Waals surface area contributed by atoms with E-state index in [0.29, 0.717) is 57.6 Å². The second kappa shape index (κ2) is 13.1. The zero-order valence-corrected chi connectivity index (χ0v) is 24.4. The molecule has 3 aromatic rings. The van der Waals surface area contributed by atoms with Crippen LogP contribution in [0, 0.1) is 10.1 Å². The van der Waals surface area contributed by atoms with Crippen LogP contribution in [0.15, 0.2) is 40.8 Å². The molecule has 244 valence electrons. The van der Waals surface area contributed by atoms with Gasteiger partial charge in [-0.2, -0.15) is 26.3 Å². The van der Waals surface area contributed by atoms with E-state index in [4.69, 9.17) is 20.8 Å². The number of hydrogen-bond donors (Lipinski definition) is 1. The minimum Gasteiger partial charge on any atom is -0.458 e. The van der Waals surface area contributed by atoms with Crippen molar-refractivity contribution in [2.75, 3.05) is 31.5 Å². The molecule has 1 N–H and O–H groups in total. The molecule has 2 heterocycles. The lowest BCUT2D eigenvalue weighted by Gasteiger charge is -2.39. The molecule has 0 spiro atoms. The number of carbonyl (C=O) groups is 1. The number of anilines is 1. The minimum absolute atomic E-state index is 0.132. The summed E-state index contributed by atoms with van der Waals surface area (Å²) < 4.78 is 91.1. The number of hydrogen-bond acceptors (Lipinski definition) is 8. The molecule has 1 unspecified atom stereocenters. The van der Waals surface area contributed by atoms with Crippen molar-refractivity contribution in [3.63, 3.8) is 0 Å². The van der Waals surface area contributed by atoms with Gasteiger partial charge in [0.1, 0.15) is 16.9 Å². The van der Waals surface area contributed by atoms with E-state index < -0.39 is 40.3 Å². The van der Waals surface area contributed by atoms with Crippen LogP contribution in [0.2, 0.25) is 5.02 Å². The fourth-order valence-electron chi connectivity index (χ4n) is 5.77.